The highest BCUT2D eigenvalue weighted by Gasteiger charge is 2.43. The molecule has 3 N–H and O–H groups in total. The average molecular weight is 433 g/mol. The highest BCUT2D eigenvalue weighted by Crippen LogP contribution is 2.32. The second-order valence-electron chi connectivity index (χ2n) is 6.88. The van der Waals surface area contributed by atoms with Crippen LogP contribution in [0, 0.1) is 0 Å². The summed E-state index contributed by atoms with van der Waals surface area (Å²) in [6.45, 7) is 1.09. The number of aromatic nitrogens is 2. The summed E-state index contributed by atoms with van der Waals surface area (Å²) in [6, 6.07) is 16.6. The third-order valence-corrected chi connectivity index (χ3v) is 5.52. The van der Waals surface area contributed by atoms with Gasteiger partial charge in [-0.2, -0.15) is 5.10 Å². The molecular formula is C21H22Cl2N4O2. The van der Waals surface area contributed by atoms with E-state index in [0.717, 1.165) is 11.3 Å². The minimum absolute atomic E-state index is 0. The van der Waals surface area contributed by atoms with Crippen LogP contribution < -0.4 is 10.6 Å². The first kappa shape index (κ1) is 21.3. The smallest absolute Gasteiger partial charge is 0.253 e. The van der Waals surface area contributed by atoms with Gasteiger partial charge < -0.3 is 15.7 Å². The predicted octanol–water partition coefficient (Wildman–Crippen LogP) is 2.93. The molecule has 1 aliphatic heterocycles. The molecule has 152 valence electrons. The fourth-order valence-electron chi connectivity index (χ4n) is 3.68. The molecule has 1 amide bonds. The molecule has 1 aliphatic rings. The Bertz CT molecular complexity index is 966. The van der Waals surface area contributed by atoms with E-state index in [-0.39, 0.29) is 18.3 Å². The standard InChI is InChI=1S/C21H21ClN4O2.ClH/c22-18-8-7-16(26-12-4-10-24-26)13-17(18)20(28)25-21(9-11-23-14-19(21)27)15-5-2-1-3-6-15;/h1-8,10,12-13,19,23,27H,9,11,14H2,(H,25,28);1H/t19-,21+;/m1./s1. The Morgan fingerprint density at radius 2 is 2.03 bits per heavy atom. The van der Waals surface area contributed by atoms with E-state index >= 15 is 0 Å². The lowest BCUT2D eigenvalue weighted by atomic mass is 9.79. The van der Waals surface area contributed by atoms with Crippen molar-refractivity contribution < 1.29 is 9.90 Å². The van der Waals surface area contributed by atoms with Gasteiger partial charge in [-0.3, -0.25) is 4.79 Å². The predicted molar refractivity (Wildman–Crippen MR) is 115 cm³/mol. The lowest BCUT2D eigenvalue weighted by Gasteiger charge is -2.43. The summed E-state index contributed by atoms with van der Waals surface area (Å²) in [5.41, 5.74) is 1.07. The van der Waals surface area contributed by atoms with E-state index in [1.54, 1.807) is 35.3 Å². The number of nitrogens with zero attached hydrogens (tertiary/aromatic N) is 2. The Balaban J connectivity index is 0.00000240. The van der Waals surface area contributed by atoms with E-state index in [1.165, 1.54) is 0 Å². The number of carbonyl (C=O) groups is 1. The van der Waals surface area contributed by atoms with Crippen molar-refractivity contribution >= 4 is 29.9 Å². The number of nitrogens with one attached hydrogen (secondary N) is 2. The second kappa shape index (κ2) is 8.97. The lowest BCUT2D eigenvalue weighted by molar-refractivity contribution is 0.0290. The van der Waals surface area contributed by atoms with Crippen LogP contribution in [0.5, 0.6) is 0 Å². The Morgan fingerprint density at radius 1 is 1.24 bits per heavy atom. The third-order valence-electron chi connectivity index (χ3n) is 5.19. The first-order valence-corrected chi connectivity index (χ1v) is 9.54. The first-order chi connectivity index (χ1) is 13.6. The number of halogens is 2. The maximum absolute atomic E-state index is 13.2. The highest BCUT2D eigenvalue weighted by molar-refractivity contribution is 6.34. The molecule has 2 atom stereocenters. The molecule has 1 aromatic heterocycles. The van der Waals surface area contributed by atoms with Crippen molar-refractivity contribution in [1.82, 2.24) is 20.4 Å². The van der Waals surface area contributed by atoms with Gasteiger partial charge in [-0.25, -0.2) is 4.68 Å². The van der Waals surface area contributed by atoms with Gasteiger partial charge in [0, 0.05) is 18.9 Å². The van der Waals surface area contributed by atoms with Crippen molar-refractivity contribution in [3.05, 3.63) is 83.1 Å². The molecule has 4 rings (SSSR count). The molecule has 2 aromatic carbocycles. The summed E-state index contributed by atoms with van der Waals surface area (Å²) >= 11 is 6.33. The number of piperidine rings is 1. The van der Waals surface area contributed by atoms with Gasteiger partial charge in [-0.15, -0.1) is 12.4 Å². The van der Waals surface area contributed by atoms with Crippen LogP contribution in [-0.4, -0.2) is 40.0 Å². The summed E-state index contributed by atoms with van der Waals surface area (Å²) in [5.74, 6) is -0.330. The van der Waals surface area contributed by atoms with Gasteiger partial charge >= 0.3 is 0 Å². The highest BCUT2D eigenvalue weighted by atomic mass is 35.5. The molecule has 2 heterocycles. The minimum Gasteiger partial charge on any atom is -0.389 e. The largest absolute Gasteiger partial charge is 0.389 e. The molecule has 0 saturated carbocycles. The number of hydrogen-bond donors (Lipinski definition) is 3. The van der Waals surface area contributed by atoms with Crippen LogP contribution in [0.25, 0.3) is 5.69 Å². The Kier molecular flexibility index (Phi) is 6.59. The van der Waals surface area contributed by atoms with Gasteiger partial charge in [0.2, 0.25) is 0 Å². The van der Waals surface area contributed by atoms with Gasteiger partial charge in [0.25, 0.3) is 5.91 Å². The topological polar surface area (TPSA) is 79.2 Å². The third kappa shape index (κ3) is 4.16. The number of amides is 1. The van der Waals surface area contributed by atoms with Gasteiger partial charge in [0.1, 0.15) is 0 Å². The molecule has 1 saturated heterocycles. The monoisotopic (exact) mass is 432 g/mol. The summed E-state index contributed by atoms with van der Waals surface area (Å²) < 4.78 is 1.67. The molecule has 1 fully saturated rings. The molecule has 0 unspecified atom stereocenters. The number of aliphatic hydroxyl groups excluding tert-OH is 1. The molecule has 0 aliphatic carbocycles. The van der Waals surface area contributed by atoms with Gasteiger partial charge in [0.05, 0.1) is 27.9 Å². The Morgan fingerprint density at radius 3 is 2.72 bits per heavy atom. The van der Waals surface area contributed by atoms with Crippen molar-refractivity contribution in [1.29, 1.82) is 0 Å². The number of β-amino-alcohol motifs (C(OH)–C–C–N with tert-alkyl or cyclic N) is 1. The average Bonchev–Trinajstić information content (AvgIpc) is 3.25. The molecule has 6 nitrogen and oxygen atoms in total. The molecule has 8 heteroatoms. The quantitative estimate of drug-likeness (QED) is 0.591. The van der Waals surface area contributed by atoms with Crippen molar-refractivity contribution in [2.45, 2.75) is 18.1 Å². The Labute approximate surface area is 180 Å². The van der Waals surface area contributed by atoms with Crippen LogP contribution in [0.1, 0.15) is 22.3 Å². The van der Waals surface area contributed by atoms with Crippen molar-refractivity contribution in [2.75, 3.05) is 13.1 Å². The summed E-state index contributed by atoms with van der Waals surface area (Å²) in [7, 11) is 0. The fourth-order valence-corrected chi connectivity index (χ4v) is 3.88. The fraction of sp³-hybridized carbons (Fsp3) is 0.238. The zero-order chi connectivity index (χ0) is 19.6. The summed E-state index contributed by atoms with van der Waals surface area (Å²) in [5, 5.41) is 21.6. The van der Waals surface area contributed by atoms with Crippen LogP contribution in [0.15, 0.2) is 67.0 Å². The van der Waals surface area contributed by atoms with Crippen LogP contribution in [0.4, 0.5) is 0 Å². The summed E-state index contributed by atoms with van der Waals surface area (Å²) in [4.78, 5) is 13.2. The maximum atomic E-state index is 13.2. The molecule has 0 bridgehead atoms. The first-order valence-electron chi connectivity index (χ1n) is 9.16. The van der Waals surface area contributed by atoms with Crippen LogP contribution >= 0.6 is 24.0 Å². The van der Waals surface area contributed by atoms with Crippen LogP contribution in [-0.2, 0) is 5.54 Å². The number of hydrogen-bond acceptors (Lipinski definition) is 4. The normalized spacial score (nSPS) is 21.2. The van der Waals surface area contributed by atoms with Gasteiger partial charge in [-0.1, -0.05) is 41.9 Å². The van der Waals surface area contributed by atoms with Crippen molar-refractivity contribution in [3.63, 3.8) is 0 Å². The van der Waals surface area contributed by atoms with E-state index in [4.69, 9.17) is 11.6 Å². The number of carbonyl (C=O) groups excluding carboxylic acids is 1. The number of rotatable bonds is 4. The summed E-state index contributed by atoms with van der Waals surface area (Å²) in [6.07, 6.45) is 3.28. The zero-order valence-electron chi connectivity index (χ0n) is 15.6. The minimum atomic E-state index is -0.880. The van der Waals surface area contributed by atoms with Crippen molar-refractivity contribution in [2.24, 2.45) is 0 Å². The number of benzene rings is 2. The van der Waals surface area contributed by atoms with E-state index in [0.29, 0.717) is 30.1 Å². The van der Waals surface area contributed by atoms with Crippen LogP contribution in [0.2, 0.25) is 5.02 Å². The molecule has 0 spiro atoms. The Hall–Kier alpha value is -2.38. The van der Waals surface area contributed by atoms with E-state index < -0.39 is 11.6 Å². The number of aliphatic hydroxyl groups is 1. The molecule has 29 heavy (non-hydrogen) atoms. The molecule has 0 radical (unpaired) electrons. The van der Waals surface area contributed by atoms with Gasteiger partial charge in [0.15, 0.2) is 0 Å². The van der Waals surface area contributed by atoms with E-state index in [2.05, 4.69) is 15.7 Å². The van der Waals surface area contributed by atoms with Crippen LogP contribution in [0.3, 0.4) is 0 Å². The molecule has 3 aromatic rings. The SMILES string of the molecule is Cl.O=C(N[C@]1(c2ccccc2)CCNC[C@H]1O)c1cc(-n2cccn2)ccc1Cl. The van der Waals surface area contributed by atoms with E-state index in [1.807, 2.05) is 36.4 Å². The lowest BCUT2D eigenvalue weighted by Crippen LogP contribution is -2.61. The maximum Gasteiger partial charge on any atom is 0.253 e. The second-order valence-corrected chi connectivity index (χ2v) is 7.28. The van der Waals surface area contributed by atoms with Crippen molar-refractivity contribution in [3.8, 4) is 5.69 Å². The molecular weight excluding hydrogens is 411 g/mol. The van der Waals surface area contributed by atoms with Gasteiger partial charge in [-0.05, 0) is 42.8 Å². The zero-order valence-corrected chi connectivity index (χ0v) is 17.2. The van der Waals surface area contributed by atoms with E-state index in [9.17, 15) is 9.90 Å².